The highest BCUT2D eigenvalue weighted by molar-refractivity contribution is 6.23. The van der Waals surface area contributed by atoms with Crippen LogP contribution in [-0.2, 0) is 10.8 Å². The monoisotopic (exact) mass is 588 g/mol. The number of hydrogen-bond donors (Lipinski definition) is 0. The fourth-order valence-corrected chi connectivity index (χ4v) is 8.59. The second kappa shape index (κ2) is 9.65. The summed E-state index contributed by atoms with van der Waals surface area (Å²) >= 11 is 0. The molecule has 0 fully saturated rings. The predicted octanol–water partition coefficient (Wildman–Crippen LogP) is 12.5. The molecule has 0 spiro atoms. The summed E-state index contributed by atoms with van der Waals surface area (Å²) in [5.41, 5.74) is 15.9. The van der Waals surface area contributed by atoms with Crippen LogP contribution in [0.25, 0.3) is 66.6 Å². The van der Waals surface area contributed by atoms with E-state index in [-0.39, 0.29) is 10.8 Å². The molecule has 0 bridgehead atoms. The summed E-state index contributed by atoms with van der Waals surface area (Å²) in [7, 11) is 0. The van der Waals surface area contributed by atoms with Gasteiger partial charge in [0.25, 0.3) is 0 Å². The molecular formula is C46H36. The fourth-order valence-electron chi connectivity index (χ4n) is 8.59. The van der Waals surface area contributed by atoms with E-state index in [0.717, 1.165) is 0 Å². The molecule has 0 amide bonds. The molecule has 7 aromatic carbocycles. The van der Waals surface area contributed by atoms with Crippen LogP contribution < -0.4 is 0 Å². The second-order valence-corrected chi connectivity index (χ2v) is 14.1. The minimum atomic E-state index is -0.122. The van der Waals surface area contributed by atoms with Gasteiger partial charge >= 0.3 is 0 Å². The summed E-state index contributed by atoms with van der Waals surface area (Å²) in [6, 6.07) is 52.0. The Hall–Kier alpha value is -5.20. The zero-order valence-electron chi connectivity index (χ0n) is 26.9. The second-order valence-electron chi connectivity index (χ2n) is 14.1. The van der Waals surface area contributed by atoms with Crippen molar-refractivity contribution in [3.8, 4) is 33.4 Å². The number of rotatable bonds is 3. The van der Waals surface area contributed by atoms with Crippen molar-refractivity contribution in [1.29, 1.82) is 0 Å². The fraction of sp³-hybridized carbons (Fsp3) is 0.130. The first-order valence-electron chi connectivity index (χ1n) is 16.5. The molecule has 220 valence electrons. The first-order chi connectivity index (χ1) is 22.4. The van der Waals surface area contributed by atoms with E-state index in [9.17, 15) is 0 Å². The van der Waals surface area contributed by atoms with E-state index in [1.807, 2.05) is 0 Å². The van der Waals surface area contributed by atoms with E-state index < -0.39 is 0 Å². The van der Waals surface area contributed by atoms with Gasteiger partial charge < -0.3 is 0 Å². The highest BCUT2D eigenvalue weighted by atomic mass is 14.4. The van der Waals surface area contributed by atoms with Crippen molar-refractivity contribution in [3.05, 3.63) is 167 Å². The van der Waals surface area contributed by atoms with Crippen LogP contribution in [0.15, 0.2) is 140 Å². The number of allylic oxidation sites excluding steroid dienone is 1. The van der Waals surface area contributed by atoms with Gasteiger partial charge in [-0.2, -0.15) is 0 Å². The molecule has 0 N–H and O–H groups in total. The van der Waals surface area contributed by atoms with E-state index >= 15 is 0 Å². The lowest BCUT2D eigenvalue weighted by Gasteiger charge is -2.28. The summed E-state index contributed by atoms with van der Waals surface area (Å²) in [5, 5.41) is 5.23. The molecule has 0 radical (unpaired) electrons. The Morgan fingerprint density at radius 3 is 1.76 bits per heavy atom. The van der Waals surface area contributed by atoms with Gasteiger partial charge in [0, 0.05) is 10.8 Å². The lowest BCUT2D eigenvalue weighted by Crippen LogP contribution is -2.17. The standard InChI is InChI=1S/C46H36/c1-45(2)38-22-12-8-17-31(38)28-41(45)43-33-19-10-9-18-32(33)42(37-27-30(25-26-34(37)43)29-15-6-5-7-16-29)36-21-14-24-40-44(36)35-20-11-13-23-39(35)46(40,3)4/h5-28H,1-4H3. The molecule has 0 saturated carbocycles. The van der Waals surface area contributed by atoms with Crippen molar-refractivity contribution in [2.75, 3.05) is 0 Å². The molecule has 0 aliphatic heterocycles. The maximum absolute atomic E-state index is 2.46. The van der Waals surface area contributed by atoms with Crippen molar-refractivity contribution in [2.24, 2.45) is 0 Å². The van der Waals surface area contributed by atoms with Gasteiger partial charge in [0.2, 0.25) is 0 Å². The number of hydrogen-bond acceptors (Lipinski definition) is 0. The predicted molar refractivity (Wildman–Crippen MR) is 197 cm³/mol. The molecule has 0 unspecified atom stereocenters. The molecule has 0 saturated heterocycles. The normalized spacial score (nSPS) is 15.4. The van der Waals surface area contributed by atoms with Gasteiger partial charge in [0.15, 0.2) is 0 Å². The Bertz CT molecular complexity index is 2400. The van der Waals surface area contributed by atoms with E-state index in [0.29, 0.717) is 0 Å². The summed E-state index contributed by atoms with van der Waals surface area (Å²) in [5.74, 6) is 0. The highest BCUT2D eigenvalue weighted by Crippen LogP contribution is 2.56. The van der Waals surface area contributed by atoms with Crippen LogP contribution in [-0.4, -0.2) is 0 Å². The molecule has 0 aromatic heterocycles. The largest absolute Gasteiger partial charge is 0.0622 e. The van der Waals surface area contributed by atoms with Crippen LogP contribution >= 0.6 is 0 Å². The molecule has 0 heteroatoms. The SMILES string of the molecule is CC1(C)C(c2c3ccccc3c(-c3cccc4c3-c3ccccc3C4(C)C)c3cc(-c4ccccc4)ccc23)=Cc2ccccc21. The van der Waals surface area contributed by atoms with Crippen LogP contribution in [0.5, 0.6) is 0 Å². The van der Waals surface area contributed by atoms with Crippen molar-refractivity contribution < 1.29 is 0 Å². The third-order valence-corrected chi connectivity index (χ3v) is 10.9. The lowest BCUT2D eigenvalue weighted by molar-refractivity contribution is 0.660. The highest BCUT2D eigenvalue weighted by Gasteiger charge is 2.38. The van der Waals surface area contributed by atoms with Gasteiger partial charge in [-0.3, -0.25) is 0 Å². The average Bonchev–Trinajstić information content (AvgIpc) is 3.49. The Kier molecular flexibility index (Phi) is 5.69. The topological polar surface area (TPSA) is 0 Å². The maximum Gasteiger partial charge on any atom is 0.0159 e. The molecule has 2 aliphatic rings. The van der Waals surface area contributed by atoms with Crippen LogP contribution in [0.3, 0.4) is 0 Å². The van der Waals surface area contributed by atoms with Crippen molar-refractivity contribution >= 4 is 33.2 Å². The molecule has 0 nitrogen and oxygen atoms in total. The minimum absolute atomic E-state index is 0.0624. The quantitative estimate of drug-likeness (QED) is 0.180. The van der Waals surface area contributed by atoms with Gasteiger partial charge in [-0.25, -0.2) is 0 Å². The van der Waals surface area contributed by atoms with Gasteiger partial charge in [-0.1, -0.05) is 161 Å². The van der Waals surface area contributed by atoms with E-state index in [4.69, 9.17) is 0 Å². The summed E-state index contributed by atoms with van der Waals surface area (Å²) in [4.78, 5) is 0. The Labute approximate surface area is 271 Å². The third kappa shape index (κ3) is 3.68. The zero-order valence-corrected chi connectivity index (χ0v) is 26.9. The molecule has 0 heterocycles. The van der Waals surface area contributed by atoms with Gasteiger partial charge in [-0.15, -0.1) is 0 Å². The smallest absolute Gasteiger partial charge is 0.0159 e. The maximum atomic E-state index is 2.46. The Morgan fingerprint density at radius 2 is 0.978 bits per heavy atom. The van der Waals surface area contributed by atoms with Crippen LogP contribution in [0.2, 0.25) is 0 Å². The minimum Gasteiger partial charge on any atom is -0.0622 e. The van der Waals surface area contributed by atoms with Crippen LogP contribution in [0.4, 0.5) is 0 Å². The van der Waals surface area contributed by atoms with Crippen LogP contribution in [0.1, 0.15) is 55.5 Å². The molecule has 0 atom stereocenters. The molecule has 2 aliphatic carbocycles. The van der Waals surface area contributed by atoms with E-state index in [1.54, 1.807) is 0 Å². The van der Waals surface area contributed by atoms with Gasteiger partial charge in [0.1, 0.15) is 0 Å². The van der Waals surface area contributed by atoms with Crippen molar-refractivity contribution in [2.45, 2.75) is 38.5 Å². The summed E-state index contributed by atoms with van der Waals surface area (Å²) < 4.78 is 0. The van der Waals surface area contributed by atoms with E-state index in [2.05, 4.69) is 173 Å². The zero-order chi connectivity index (χ0) is 31.2. The third-order valence-electron chi connectivity index (χ3n) is 10.9. The van der Waals surface area contributed by atoms with E-state index in [1.165, 1.54) is 88.3 Å². The van der Waals surface area contributed by atoms with Gasteiger partial charge in [0.05, 0.1) is 0 Å². The van der Waals surface area contributed by atoms with Crippen LogP contribution in [0, 0.1) is 0 Å². The van der Waals surface area contributed by atoms with Crippen molar-refractivity contribution in [1.82, 2.24) is 0 Å². The lowest BCUT2D eigenvalue weighted by atomic mass is 9.74. The Balaban J connectivity index is 1.44. The van der Waals surface area contributed by atoms with Crippen molar-refractivity contribution in [3.63, 3.8) is 0 Å². The first-order valence-corrected chi connectivity index (χ1v) is 16.5. The molecule has 7 aromatic rings. The Morgan fingerprint density at radius 1 is 0.370 bits per heavy atom. The number of fused-ring (bicyclic) bond motifs is 6. The number of benzene rings is 7. The first kappa shape index (κ1) is 27.1. The average molecular weight is 589 g/mol. The summed E-state index contributed by atoms with van der Waals surface area (Å²) in [6.07, 6.45) is 2.44. The molecule has 46 heavy (non-hydrogen) atoms. The molecule has 9 rings (SSSR count). The van der Waals surface area contributed by atoms with Gasteiger partial charge in [-0.05, 0) is 100 Å². The molecular weight excluding hydrogens is 553 g/mol. The summed E-state index contributed by atoms with van der Waals surface area (Å²) in [6.45, 7) is 9.53.